The normalized spacial score (nSPS) is 10.3. The number of rotatable bonds is 3. The van der Waals surface area contributed by atoms with Gasteiger partial charge in [0, 0.05) is 12.1 Å². The van der Waals surface area contributed by atoms with Crippen LogP contribution in [0.4, 0.5) is 10.5 Å². The van der Waals surface area contributed by atoms with Crippen molar-refractivity contribution in [3.63, 3.8) is 0 Å². The number of primary amides is 1. The molecule has 0 spiro atoms. The predicted octanol–water partition coefficient (Wildman–Crippen LogP) is 2.37. The number of nitrogens with two attached hydrogens (primary N) is 1. The highest BCUT2D eigenvalue weighted by Crippen LogP contribution is 2.30. The molecule has 18 heavy (non-hydrogen) atoms. The van der Waals surface area contributed by atoms with Crippen LogP contribution in [-0.2, 0) is 6.54 Å². The lowest BCUT2D eigenvalue weighted by Gasteiger charge is -2.08. The summed E-state index contributed by atoms with van der Waals surface area (Å²) in [5, 5.41) is 7.06. The first-order valence-electron chi connectivity index (χ1n) is 5.82. The van der Waals surface area contributed by atoms with E-state index >= 15 is 0 Å². The molecule has 1 aromatic carbocycles. The Balaban J connectivity index is 2.59. The lowest BCUT2D eigenvalue weighted by molar-refractivity contribution is 0.259. The number of nitrogens with zero attached hydrogens (tertiary/aromatic N) is 2. The first kappa shape index (κ1) is 12.2. The van der Waals surface area contributed by atoms with Gasteiger partial charge in [-0.2, -0.15) is 5.10 Å². The van der Waals surface area contributed by atoms with Crippen LogP contribution in [0.5, 0.6) is 0 Å². The largest absolute Gasteiger partial charge is 0.351 e. The number of hydrogen-bond acceptors (Lipinski definition) is 2. The van der Waals surface area contributed by atoms with Crippen molar-refractivity contribution >= 4 is 11.7 Å². The predicted molar refractivity (Wildman–Crippen MR) is 71.3 cm³/mol. The van der Waals surface area contributed by atoms with Crippen molar-refractivity contribution < 1.29 is 4.79 Å². The second kappa shape index (κ2) is 4.91. The van der Waals surface area contributed by atoms with E-state index in [1.165, 1.54) is 0 Å². The standard InChI is InChI=1S/C13H16N4O/c1-3-17-12(10-7-5-4-6-8-10)11(9(2)16-17)15-13(14)18/h4-8H,3H2,1-2H3,(H3,14,15,18). The highest BCUT2D eigenvalue weighted by Gasteiger charge is 2.16. The van der Waals surface area contributed by atoms with Gasteiger partial charge < -0.3 is 11.1 Å². The molecule has 0 bridgehead atoms. The van der Waals surface area contributed by atoms with Crippen molar-refractivity contribution in [2.45, 2.75) is 20.4 Å². The smallest absolute Gasteiger partial charge is 0.316 e. The Hall–Kier alpha value is -2.30. The minimum Gasteiger partial charge on any atom is -0.351 e. The maximum atomic E-state index is 11.1. The SMILES string of the molecule is CCn1nc(C)c(NC(N)=O)c1-c1ccccc1. The summed E-state index contributed by atoms with van der Waals surface area (Å²) in [6.45, 7) is 4.59. The number of aryl methyl sites for hydroxylation is 2. The number of aromatic nitrogens is 2. The zero-order valence-electron chi connectivity index (χ0n) is 10.5. The molecule has 0 saturated carbocycles. The van der Waals surface area contributed by atoms with Gasteiger partial charge >= 0.3 is 6.03 Å². The van der Waals surface area contributed by atoms with E-state index in [1.54, 1.807) is 0 Å². The molecule has 3 N–H and O–H groups in total. The Bertz CT molecular complexity index is 560. The summed E-state index contributed by atoms with van der Waals surface area (Å²) in [6, 6.07) is 9.23. The fraction of sp³-hybridized carbons (Fsp3) is 0.231. The summed E-state index contributed by atoms with van der Waals surface area (Å²) in [6.07, 6.45) is 0. The van der Waals surface area contributed by atoms with E-state index in [4.69, 9.17) is 5.73 Å². The number of benzene rings is 1. The molecule has 2 amide bonds. The van der Waals surface area contributed by atoms with Gasteiger partial charge in [0.05, 0.1) is 17.1 Å². The molecule has 2 rings (SSSR count). The molecular formula is C13H16N4O. The third-order valence-electron chi connectivity index (χ3n) is 2.72. The van der Waals surface area contributed by atoms with Gasteiger partial charge in [-0.1, -0.05) is 30.3 Å². The molecule has 0 radical (unpaired) electrons. The molecule has 94 valence electrons. The summed E-state index contributed by atoms with van der Waals surface area (Å²) in [7, 11) is 0. The first-order chi connectivity index (χ1) is 8.63. The Morgan fingerprint density at radius 1 is 1.39 bits per heavy atom. The fourth-order valence-corrected chi connectivity index (χ4v) is 1.97. The van der Waals surface area contributed by atoms with Crippen molar-refractivity contribution in [3.8, 4) is 11.3 Å². The molecule has 2 aromatic rings. The van der Waals surface area contributed by atoms with Crippen LogP contribution in [0.15, 0.2) is 30.3 Å². The maximum Gasteiger partial charge on any atom is 0.316 e. The van der Waals surface area contributed by atoms with Crippen LogP contribution in [0.1, 0.15) is 12.6 Å². The maximum absolute atomic E-state index is 11.1. The molecule has 1 heterocycles. The molecule has 0 aliphatic carbocycles. The van der Waals surface area contributed by atoms with Gasteiger partial charge in [-0.05, 0) is 13.8 Å². The van der Waals surface area contributed by atoms with E-state index in [-0.39, 0.29) is 0 Å². The third kappa shape index (κ3) is 2.20. The quantitative estimate of drug-likeness (QED) is 0.869. The van der Waals surface area contributed by atoms with Crippen molar-refractivity contribution in [2.24, 2.45) is 5.73 Å². The second-order valence-corrected chi connectivity index (χ2v) is 3.98. The summed E-state index contributed by atoms with van der Waals surface area (Å²) < 4.78 is 1.86. The van der Waals surface area contributed by atoms with Crippen LogP contribution in [0.2, 0.25) is 0 Å². The average Bonchev–Trinajstić information content (AvgIpc) is 2.67. The van der Waals surface area contributed by atoms with Crippen molar-refractivity contribution in [1.82, 2.24) is 9.78 Å². The molecule has 0 aliphatic heterocycles. The number of nitrogens with one attached hydrogen (secondary N) is 1. The van der Waals surface area contributed by atoms with Crippen molar-refractivity contribution in [3.05, 3.63) is 36.0 Å². The molecule has 0 atom stereocenters. The van der Waals surface area contributed by atoms with Gasteiger partial charge in [-0.25, -0.2) is 4.79 Å². The molecule has 0 fully saturated rings. The number of carbonyl (C=O) groups excluding carboxylic acids is 1. The van der Waals surface area contributed by atoms with Crippen LogP contribution < -0.4 is 11.1 Å². The summed E-state index contributed by atoms with van der Waals surface area (Å²) in [4.78, 5) is 11.1. The van der Waals surface area contributed by atoms with Gasteiger partial charge in [-0.15, -0.1) is 0 Å². The first-order valence-corrected chi connectivity index (χ1v) is 5.82. The Kier molecular flexibility index (Phi) is 3.32. The lowest BCUT2D eigenvalue weighted by Crippen LogP contribution is -2.20. The minimum atomic E-state index is -0.578. The van der Waals surface area contributed by atoms with E-state index in [2.05, 4.69) is 10.4 Å². The number of hydrogen-bond donors (Lipinski definition) is 2. The number of amides is 2. The van der Waals surface area contributed by atoms with Crippen LogP contribution in [0, 0.1) is 6.92 Å². The molecule has 0 aliphatic rings. The Morgan fingerprint density at radius 3 is 2.61 bits per heavy atom. The summed E-state index contributed by atoms with van der Waals surface area (Å²) in [5.74, 6) is 0. The number of urea groups is 1. The zero-order valence-corrected chi connectivity index (χ0v) is 10.5. The fourth-order valence-electron chi connectivity index (χ4n) is 1.97. The van der Waals surface area contributed by atoms with Crippen LogP contribution in [-0.4, -0.2) is 15.8 Å². The molecule has 0 unspecified atom stereocenters. The van der Waals surface area contributed by atoms with E-state index in [9.17, 15) is 4.79 Å². The molecule has 5 heteroatoms. The Labute approximate surface area is 106 Å². The number of carbonyl (C=O) groups is 1. The van der Waals surface area contributed by atoms with Crippen LogP contribution in [0.25, 0.3) is 11.3 Å². The highest BCUT2D eigenvalue weighted by molar-refractivity contribution is 5.93. The zero-order chi connectivity index (χ0) is 13.1. The van der Waals surface area contributed by atoms with E-state index < -0.39 is 6.03 Å². The minimum absolute atomic E-state index is 0.578. The van der Waals surface area contributed by atoms with Gasteiger partial charge in [0.15, 0.2) is 0 Å². The van der Waals surface area contributed by atoms with E-state index in [0.29, 0.717) is 5.69 Å². The van der Waals surface area contributed by atoms with E-state index in [0.717, 1.165) is 23.5 Å². The molecule has 0 saturated heterocycles. The van der Waals surface area contributed by atoms with Crippen LogP contribution in [0.3, 0.4) is 0 Å². The summed E-state index contributed by atoms with van der Waals surface area (Å²) >= 11 is 0. The monoisotopic (exact) mass is 244 g/mol. The topological polar surface area (TPSA) is 72.9 Å². The molecule has 5 nitrogen and oxygen atoms in total. The second-order valence-electron chi connectivity index (χ2n) is 3.98. The lowest BCUT2D eigenvalue weighted by atomic mass is 10.1. The molecule has 1 aromatic heterocycles. The third-order valence-corrected chi connectivity index (χ3v) is 2.72. The van der Waals surface area contributed by atoms with Crippen LogP contribution >= 0.6 is 0 Å². The number of anilines is 1. The van der Waals surface area contributed by atoms with Gasteiger partial charge in [0.25, 0.3) is 0 Å². The van der Waals surface area contributed by atoms with Gasteiger partial charge in [0.2, 0.25) is 0 Å². The van der Waals surface area contributed by atoms with Crippen molar-refractivity contribution in [2.75, 3.05) is 5.32 Å². The highest BCUT2D eigenvalue weighted by atomic mass is 16.2. The van der Waals surface area contributed by atoms with E-state index in [1.807, 2.05) is 48.9 Å². The average molecular weight is 244 g/mol. The van der Waals surface area contributed by atoms with Gasteiger partial charge in [-0.3, -0.25) is 4.68 Å². The van der Waals surface area contributed by atoms with Crippen molar-refractivity contribution in [1.29, 1.82) is 0 Å². The Morgan fingerprint density at radius 2 is 2.06 bits per heavy atom. The van der Waals surface area contributed by atoms with Gasteiger partial charge in [0.1, 0.15) is 0 Å². The molecular weight excluding hydrogens is 228 g/mol. The summed E-state index contributed by atoms with van der Waals surface area (Å²) in [5.41, 5.74) is 8.53.